The Morgan fingerprint density at radius 3 is 1.24 bits per heavy atom. The number of aromatic hydroxyl groups is 1. The Labute approximate surface area is 425 Å². The van der Waals surface area contributed by atoms with Crippen LogP contribution in [0.2, 0.25) is 0 Å². The van der Waals surface area contributed by atoms with Gasteiger partial charge in [-0.1, -0.05) is 172 Å². The first-order valence-electron chi connectivity index (χ1n) is 23.1. The Morgan fingerprint density at radius 2 is 0.901 bits per heavy atom. The maximum atomic E-state index is 12.7. The average molecular weight is 1040 g/mol. The van der Waals surface area contributed by atoms with Gasteiger partial charge in [0.25, 0.3) is 30.4 Å². The van der Waals surface area contributed by atoms with Crippen molar-refractivity contribution in [2.24, 2.45) is 20.5 Å². The van der Waals surface area contributed by atoms with Gasteiger partial charge in [0.15, 0.2) is 5.75 Å². The predicted molar refractivity (Wildman–Crippen MR) is 297 cm³/mol. The van der Waals surface area contributed by atoms with Crippen LogP contribution >= 0.6 is 0 Å². The van der Waals surface area contributed by atoms with Crippen LogP contribution in [0.5, 0.6) is 5.75 Å². The van der Waals surface area contributed by atoms with Gasteiger partial charge in [-0.3, -0.25) is 12.5 Å². The molecule has 0 bridgehead atoms. The number of hydrogen-bond donors (Lipinski definition) is 2. The van der Waals surface area contributed by atoms with E-state index in [4.69, 9.17) is 4.18 Å². The molecule has 0 saturated heterocycles. The normalized spacial score (nSPS) is 10.8. The first-order valence-corrected chi connectivity index (χ1v) is 28.1. The van der Waals surface area contributed by atoms with Crippen LogP contribution in [-0.2, 0) is 42.9 Å². The highest BCUT2D eigenvalue weighted by Gasteiger charge is 2.25. The molecule has 0 atom stereocenters. The lowest BCUT2D eigenvalue weighted by atomic mass is 10.1. The molecule has 0 amide bonds. The fourth-order valence-electron chi connectivity index (χ4n) is 4.97. The minimum atomic E-state index is -4.17. The standard InChI is InChI=1S/C28H27N5O4S.C10H8.3C3H8.2C2H6O3S.C2H6/c1-4-30-24-7-5-6-21-18-25(38(35,36)37-3)27(28(34)26(21)24)33-32-23-16-12-20(13-17-23)9-8-19-10-14-22(15-11-19)31-29-2;1-2-6-10-8-4-3-7-9(10)5-1;3*1-3-2;2*1-5-6(2,3)4;1-2/h5-18,30,34H,4H2,1-3H3;1-8H;3*3H2,1-2H3;2*1-2H3;1-2H3. The Morgan fingerprint density at radius 1 is 0.535 bits per heavy atom. The van der Waals surface area contributed by atoms with Crippen molar-refractivity contribution in [3.8, 4) is 5.75 Å². The molecule has 0 aliphatic carbocycles. The summed E-state index contributed by atoms with van der Waals surface area (Å²) in [5.41, 5.74) is 3.68. The van der Waals surface area contributed by atoms with Crippen LogP contribution in [0.4, 0.5) is 22.7 Å². The van der Waals surface area contributed by atoms with Gasteiger partial charge in [0.1, 0.15) is 10.6 Å². The summed E-state index contributed by atoms with van der Waals surface area (Å²) in [6, 6.07) is 38.3. The van der Waals surface area contributed by atoms with Crippen LogP contribution in [0, 0.1) is 0 Å². The lowest BCUT2D eigenvalue weighted by Crippen LogP contribution is -2.04. The van der Waals surface area contributed by atoms with Gasteiger partial charge in [-0.2, -0.15) is 40.6 Å². The van der Waals surface area contributed by atoms with Crippen molar-refractivity contribution in [2.45, 2.75) is 86.5 Å². The van der Waals surface area contributed by atoms with Crippen LogP contribution in [0.25, 0.3) is 33.7 Å². The van der Waals surface area contributed by atoms with Crippen molar-refractivity contribution in [2.75, 3.05) is 52.8 Å². The summed E-state index contributed by atoms with van der Waals surface area (Å²) < 4.78 is 77.0. The van der Waals surface area contributed by atoms with Crippen LogP contribution in [0.3, 0.4) is 0 Å². The highest BCUT2D eigenvalue weighted by Crippen LogP contribution is 2.44. The molecule has 392 valence electrons. The van der Waals surface area contributed by atoms with Crippen LogP contribution < -0.4 is 5.32 Å². The molecule has 15 nitrogen and oxygen atoms in total. The molecule has 6 rings (SSSR count). The minimum Gasteiger partial charge on any atom is -0.505 e. The quantitative estimate of drug-likeness (QED) is 0.0708. The van der Waals surface area contributed by atoms with E-state index < -0.39 is 30.4 Å². The molecule has 0 saturated carbocycles. The number of benzene rings is 6. The molecular weight excluding hydrogens is 963 g/mol. The molecule has 0 aliphatic heterocycles. The first-order chi connectivity index (χ1) is 33.7. The zero-order valence-electron chi connectivity index (χ0n) is 44.2. The van der Waals surface area contributed by atoms with Crippen molar-refractivity contribution in [1.82, 2.24) is 0 Å². The Kier molecular flexibility index (Phi) is 35.8. The Hall–Kier alpha value is -5.89. The van der Waals surface area contributed by atoms with E-state index >= 15 is 0 Å². The summed E-state index contributed by atoms with van der Waals surface area (Å²) >= 11 is 0. The molecule has 71 heavy (non-hydrogen) atoms. The summed E-state index contributed by atoms with van der Waals surface area (Å²) in [6.45, 7) is 19.3. The smallest absolute Gasteiger partial charge is 0.299 e. The maximum absolute atomic E-state index is 12.7. The SMILES string of the molecule is CC.CCC.CCC.CCC.CCNc1cccc2cc(S(=O)(=O)OC)c(N=Nc3ccc(C=Cc4ccc(N=NC)cc4)cc3)c(O)c12.COS(C)(=O)=O.COS(C)(=O)=O.c1ccc2ccccc2c1. The molecule has 0 unspecified atom stereocenters. The number of nitrogens with one attached hydrogen (secondary N) is 1. The van der Waals surface area contributed by atoms with Gasteiger partial charge in [0.2, 0.25) is 0 Å². The average Bonchev–Trinajstić information content (AvgIpc) is 3.35. The number of rotatable bonds is 11. The topological polar surface area (TPSA) is 212 Å². The van der Waals surface area contributed by atoms with Gasteiger partial charge >= 0.3 is 0 Å². The van der Waals surface area contributed by atoms with Gasteiger partial charge in [-0.05, 0) is 70.6 Å². The number of nitrogens with zero attached hydrogens (tertiary/aromatic N) is 4. The van der Waals surface area contributed by atoms with Crippen LogP contribution in [0.15, 0.2) is 147 Å². The van der Waals surface area contributed by atoms with Gasteiger partial charge in [-0.25, -0.2) is 0 Å². The number of phenolic OH excluding ortho intramolecular Hbond substituents is 1. The summed E-state index contributed by atoms with van der Waals surface area (Å²) in [5, 5.41) is 34.0. The second-order valence-electron chi connectivity index (χ2n) is 14.4. The highest BCUT2D eigenvalue weighted by atomic mass is 32.2. The van der Waals surface area contributed by atoms with Crippen molar-refractivity contribution in [3.63, 3.8) is 0 Å². The van der Waals surface area contributed by atoms with Crippen molar-refractivity contribution in [3.05, 3.63) is 132 Å². The van der Waals surface area contributed by atoms with E-state index in [1.54, 1.807) is 37.4 Å². The second-order valence-corrected chi connectivity index (χ2v) is 19.5. The van der Waals surface area contributed by atoms with Crippen molar-refractivity contribution >= 4 is 86.8 Å². The van der Waals surface area contributed by atoms with Crippen molar-refractivity contribution in [1.29, 1.82) is 0 Å². The van der Waals surface area contributed by atoms with Gasteiger partial charge in [0, 0.05) is 24.7 Å². The summed E-state index contributed by atoms with van der Waals surface area (Å²) in [7, 11) is -5.57. The van der Waals surface area contributed by atoms with Crippen LogP contribution in [0.1, 0.15) is 92.7 Å². The third-order valence-corrected chi connectivity index (χ3v) is 10.4. The lowest BCUT2D eigenvalue weighted by molar-refractivity contribution is 0.397. The molecule has 0 aromatic heterocycles. The minimum absolute atomic E-state index is 0.195. The molecule has 0 spiro atoms. The van der Waals surface area contributed by atoms with E-state index in [1.807, 2.05) is 69.3 Å². The number of azo groups is 2. The third-order valence-electron chi connectivity index (χ3n) is 7.93. The molecule has 0 aliphatic rings. The highest BCUT2D eigenvalue weighted by molar-refractivity contribution is 7.87. The molecule has 18 heteroatoms. The summed E-state index contributed by atoms with van der Waals surface area (Å²) in [5.74, 6) is -0.301. The fraction of sp³-hybridized carbons (Fsp3) is 0.358. The summed E-state index contributed by atoms with van der Waals surface area (Å²) in [6.07, 6.45) is 9.66. The van der Waals surface area contributed by atoms with Crippen molar-refractivity contribution < 1.29 is 42.9 Å². The molecule has 0 radical (unpaired) electrons. The van der Waals surface area contributed by atoms with E-state index in [0.29, 0.717) is 28.7 Å². The second kappa shape index (κ2) is 37.9. The number of phenols is 1. The molecule has 0 fully saturated rings. The third kappa shape index (κ3) is 28.5. The van der Waals surface area contributed by atoms with E-state index in [9.17, 15) is 30.4 Å². The van der Waals surface area contributed by atoms with Gasteiger partial charge in [0.05, 0.1) is 45.2 Å². The zero-order chi connectivity index (χ0) is 54.5. The number of fused-ring (bicyclic) bond motifs is 2. The van der Waals surface area contributed by atoms with E-state index in [1.165, 1.54) is 36.1 Å². The molecular formula is C53H77N5O10S3. The van der Waals surface area contributed by atoms with Gasteiger partial charge < -0.3 is 10.4 Å². The Bertz CT molecular complexity index is 2720. The van der Waals surface area contributed by atoms with Gasteiger partial charge in [-0.15, -0.1) is 5.11 Å². The molecule has 6 aromatic carbocycles. The fourth-order valence-corrected chi connectivity index (χ4v) is 5.79. The monoisotopic (exact) mass is 1040 g/mol. The van der Waals surface area contributed by atoms with E-state index in [0.717, 1.165) is 50.7 Å². The molecule has 6 aromatic rings. The molecule has 0 heterocycles. The lowest BCUT2D eigenvalue weighted by Gasteiger charge is -2.14. The maximum Gasteiger partial charge on any atom is 0.299 e. The van der Waals surface area contributed by atoms with Crippen LogP contribution in [-0.4, -0.2) is 77.8 Å². The Balaban J connectivity index is 0. The zero-order valence-corrected chi connectivity index (χ0v) is 46.6. The van der Waals surface area contributed by atoms with E-state index in [-0.39, 0.29) is 16.3 Å². The number of hydrogen-bond acceptors (Lipinski definition) is 15. The number of anilines is 1. The largest absolute Gasteiger partial charge is 0.505 e. The first kappa shape index (κ1) is 67.2. The predicted octanol–water partition coefficient (Wildman–Crippen LogP) is 14.9. The summed E-state index contributed by atoms with van der Waals surface area (Å²) in [4.78, 5) is -0.270. The molecule has 2 N–H and O–H groups in total. The van der Waals surface area contributed by atoms with E-state index in [2.05, 4.69) is 124 Å².